The van der Waals surface area contributed by atoms with E-state index in [0.29, 0.717) is 50.0 Å². The van der Waals surface area contributed by atoms with Gasteiger partial charge in [0.05, 0.1) is 24.8 Å². The summed E-state index contributed by atoms with van der Waals surface area (Å²) in [6, 6.07) is 15.3. The summed E-state index contributed by atoms with van der Waals surface area (Å²) in [4.78, 5) is 27.8. The summed E-state index contributed by atoms with van der Waals surface area (Å²) in [6.45, 7) is 2.17. The zero-order valence-corrected chi connectivity index (χ0v) is 23.9. The zero-order valence-electron chi connectivity index (χ0n) is 23.1. The number of amides is 1. The maximum Gasteiger partial charge on any atom is 0.289 e. The molecule has 0 aliphatic carbocycles. The number of nitro groups is 1. The van der Waals surface area contributed by atoms with Crippen molar-refractivity contribution in [2.45, 2.75) is 11.4 Å². The van der Waals surface area contributed by atoms with Gasteiger partial charge in [-0.15, -0.1) is 0 Å². The Morgan fingerprint density at radius 1 is 0.976 bits per heavy atom. The molecule has 0 bridgehead atoms. The van der Waals surface area contributed by atoms with Crippen LogP contribution in [0.25, 0.3) is 0 Å². The van der Waals surface area contributed by atoms with Crippen molar-refractivity contribution in [3.8, 4) is 23.0 Å². The molecule has 2 aliphatic heterocycles. The fourth-order valence-corrected chi connectivity index (χ4v) is 6.50. The number of piperazine rings is 1. The molecule has 1 saturated heterocycles. The summed E-state index contributed by atoms with van der Waals surface area (Å²) in [5.74, 6) is 1.50. The fraction of sp³-hybridized carbons (Fsp3) is 0.321. The average molecular weight is 599 g/mol. The Balaban J connectivity index is 1.37. The average Bonchev–Trinajstić information content (AvgIpc) is 3.48. The zero-order chi connectivity index (χ0) is 29.9. The highest BCUT2D eigenvalue weighted by atomic mass is 32.2. The Morgan fingerprint density at radius 3 is 2.43 bits per heavy atom. The van der Waals surface area contributed by atoms with Crippen molar-refractivity contribution in [1.82, 2.24) is 9.80 Å². The third kappa shape index (κ3) is 5.90. The number of benzene rings is 3. The van der Waals surface area contributed by atoms with E-state index in [-0.39, 0.29) is 18.2 Å². The van der Waals surface area contributed by atoms with Crippen LogP contribution in [0.15, 0.2) is 65.6 Å². The van der Waals surface area contributed by atoms with Gasteiger partial charge >= 0.3 is 0 Å². The van der Waals surface area contributed by atoms with Crippen molar-refractivity contribution in [1.29, 1.82) is 0 Å². The quantitative estimate of drug-likeness (QED) is 0.253. The van der Waals surface area contributed by atoms with Gasteiger partial charge in [-0.25, -0.2) is 8.42 Å². The number of nitro benzene ring substituents is 1. The van der Waals surface area contributed by atoms with Gasteiger partial charge in [0.1, 0.15) is 18.0 Å². The highest BCUT2D eigenvalue weighted by molar-refractivity contribution is 7.93. The lowest BCUT2D eigenvalue weighted by Crippen LogP contribution is -2.51. The van der Waals surface area contributed by atoms with Crippen LogP contribution >= 0.6 is 0 Å². The van der Waals surface area contributed by atoms with Gasteiger partial charge in [-0.1, -0.05) is 18.2 Å². The molecule has 42 heavy (non-hydrogen) atoms. The summed E-state index contributed by atoms with van der Waals surface area (Å²) in [5, 5.41) is 11.7. The number of methoxy groups -OCH3 is 2. The number of anilines is 1. The molecule has 1 fully saturated rings. The molecule has 0 spiro atoms. The SMILES string of the molecule is COc1ccc(N(CC(=O)N2CCN(Cc3ccc4c(c3)OCO4)CC2)S(=O)(=O)c2ccccc2[N+](=O)[O-])c(OC)c1. The third-order valence-electron chi connectivity index (χ3n) is 7.13. The van der Waals surface area contributed by atoms with Crippen molar-refractivity contribution in [2.24, 2.45) is 0 Å². The second-order valence-electron chi connectivity index (χ2n) is 9.62. The van der Waals surface area contributed by atoms with Gasteiger partial charge in [0.25, 0.3) is 15.7 Å². The minimum atomic E-state index is -4.58. The number of fused-ring (bicyclic) bond motifs is 1. The van der Waals surface area contributed by atoms with Gasteiger partial charge in [0.15, 0.2) is 16.4 Å². The predicted octanol–water partition coefficient (Wildman–Crippen LogP) is 2.88. The lowest BCUT2D eigenvalue weighted by atomic mass is 10.1. The molecule has 5 rings (SSSR count). The number of sulfonamides is 1. The number of hydrogen-bond donors (Lipinski definition) is 0. The van der Waals surface area contributed by atoms with E-state index in [9.17, 15) is 23.3 Å². The van der Waals surface area contributed by atoms with Crippen molar-refractivity contribution in [3.63, 3.8) is 0 Å². The predicted molar refractivity (Wildman–Crippen MR) is 152 cm³/mol. The molecule has 13 nitrogen and oxygen atoms in total. The van der Waals surface area contributed by atoms with Gasteiger partial charge in [0.2, 0.25) is 12.7 Å². The highest BCUT2D eigenvalue weighted by Crippen LogP contribution is 2.37. The topological polar surface area (TPSA) is 141 Å². The third-order valence-corrected chi connectivity index (χ3v) is 8.94. The Labute approximate surface area is 242 Å². The largest absolute Gasteiger partial charge is 0.497 e. The van der Waals surface area contributed by atoms with Crippen LogP contribution in [0.2, 0.25) is 0 Å². The summed E-state index contributed by atoms with van der Waals surface area (Å²) in [7, 11) is -1.77. The molecule has 3 aromatic carbocycles. The van der Waals surface area contributed by atoms with E-state index in [1.54, 1.807) is 4.90 Å². The lowest BCUT2D eigenvalue weighted by molar-refractivity contribution is -0.387. The smallest absolute Gasteiger partial charge is 0.289 e. The molecule has 14 heteroatoms. The van der Waals surface area contributed by atoms with Crippen molar-refractivity contribution >= 4 is 27.3 Å². The highest BCUT2D eigenvalue weighted by Gasteiger charge is 2.36. The van der Waals surface area contributed by atoms with Crippen LogP contribution in [0.4, 0.5) is 11.4 Å². The Kier molecular flexibility index (Phi) is 8.36. The summed E-state index contributed by atoms with van der Waals surface area (Å²) in [6.07, 6.45) is 0. The second-order valence-corrected chi connectivity index (χ2v) is 11.4. The minimum Gasteiger partial charge on any atom is -0.497 e. The molecule has 0 radical (unpaired) electrons. The van der Waals surface area contributed by atoms with Crippen LogP contribution < -0.4 is 23.3 Å². The Morgan fingerprint density at radius 2 is 1.71 bits per heavy atom. The van der Waals surface area contributed by atoms with Crippen molar-refractivity contribution in [3.05, 3.63) is 76.3 Å². The molecule has 0 unspecified atom stereocenters. The molecule has 2 aliphatic rings. The Bertz CT molecular complexity index is 1590. The van der Waals surface area contributed by atoms with E-state index < -0.39 is 38.0 Å². The number of carbonyl (C=O) groups is 1. The first-order valence-electron chi connectivity index (χ1n) is 13.1. The molecule has 0 N–H and O–H groups in total. The first kappa shape index (κ1) is 29.0. The normalized spacial score (nSPS) is 14.9. The maximum absolute atomic E-state index is 14.0. The minimum absolute atomic E-state index is 0.0474. The monoisotopic (exact) mass is 598 g/mol. The molecule has 222 valence electrons. The van der Waals surface area contributed by atoms with Gasteiger partial charge in [-0.05, 0) is 35.9 Å². The van der Waals surface area contributed by atoms with Crippen LogP contribution in [-0.4, -0.2) is 82.8 Å². The van der Waals surface area contributed by atoms with Crippen molar-refractivity contribution in [2.75, 3.05) is 58.0 Å². The van der Waals surface area contributed by atoms with E-state index in [2.05, 4.69) is 4.90 Å². The van der Waals surface area contributed by atoms with Gasteiger partial charge in [-0.2, -0.15) is 0 Å². The lowest BCUT2D eigenvalue weighted by Gasteiger charge is -2.36. The van der Waals surface area contributed by atoms with Crippen LogP contribution in [0.5, 0.6) is 23.0 Å². The molecule has 0 saturated carbocycles. The molecule has 3 aromatic rings. The maximum atomic E-state index is 14.0. The number of rotatable bonds is 10. The molecular formula is C28H30N4O9S. The number of hydrogen-bond acceptors (Lipinski definition) is 10. The van der Waals surface area contributed by atoms with Crippen LogP contribution in [-0.2, 0) is 21.4 Å². The number of ether oxygens (including phenoxy) is 4. The van der Waals surface area contributed by atoms with Gasteiger partial charge in [0, 0.05) is 44.9 Å². The fourth-order valence-electron chi connectivity index (χ4n) is 4.91. The number of carbonyl (C=O) groups excluding carboxylic acids is 1. The number of para-hydroxylation sites is 1. The standard InChI is InChI=1S/C28H30N4O9S/c1-38-21-8-9-22(25(16-21)39-2)31(42(36,37)27-6-4-3-5-23(27)32(34)35)18-28(33)30-13-11-29(12-14-30)17-20-7-10-24-26(15-20)41-19-40-24/h3-10,15-16H,11-14,17-19H2,1-2H3. The van der Waals surface area contributed by atoms with E-state index in [0.717, 1.165) is 22.0 Å². The number of nitrogens with zero attached hydrogens (tertiary/aromatic N) is 4. The van der Waals surface area contributed by atoms with Crippen LogP contribution in [0, 0.1) is 10.1 Å². The summed E-state index contributed by atoms with van der Waals surface area (Å²) >= 11 is 0. The first-order chi connectivity index (χ1) is 20.2. The van der Waals surface area contributed by atoms with Crippen LogP contribution in [0.3, 0.4) is 0 Å². The van der Waals surface area contributed by atoms with Crippen molar-refractivity contribution < 1.29 is 37.1 Å². The van der Waals surface area contributed by atoms with E-state index in [1.807, 2.05) is 18.2 Å². The molecule has 1 amide bonds. The van der Waals surface area contributed by atoms with E-state index >= 15 is 0 Å². The van der Waals surface area contributed by atoms with E-state index in [4.69, 9.17) is 18.9 Å². The van der Waals surface area contributed by atoms with Gasteiger partial charge in [-0.3, -0.25) is 24.1 Å². The molecule has 0 atom stereocenters. The summed E-state index contributed by atoms with van der Waals surface area (Å²) < 4.78 is 50.3. The van der Waals surface area contributed by atoms with Crippen LogP contribution in [0.1, 0.15) is 5.56 Å². The van der Waals surface area contributed by atoms with Gasteiger partial charge < -0.3 is 23.8 Å². The second kappa shape index (κ2) is 12.1. The molecule has 0 aromatic heterocycles. The summed E-state index contributed by atoms with van der Waals surface area (Å²) in [5.41, 5.74) is 0.498. The molecule has 2 heterocycles. The molecular weight excluding hydrogens is 568 g/mol. The Hall–Kier alpha value is -4.56. The van der Waals surface area contributed by atoms with E-state index in [1.165, 1.54) is 44.6 Å². The first-order valence-corrected chi connectivity index (χ1v) is 14.5.